The Kier molecular flexibility index (Phi) is 15.8. The van der Waals surface area contributed by atoms with Crippen molar-refractivity contribution in [3.8, 4) is 0 Å². The summed E-state index contributed by atoms with van der Waals surface area (Å²) in [4.78, 5) is 12.9. The standard InChI is InChI=1S/2C22H25NP.CH2O3/c2*1-23(2)18-19-24(20-12-6-3-7-13-20,21-14-8-4-9-15-21)22-16-10-5-11-17-22;2-1(3)4/h2*3-17H,18-19H2,1-2H3;(H2,2,3,4)/q2*+1;/p-2. The van der Waals surface area contributed by atoms with E-state index in [-0.39, 0.29) is 0 Å². The molecule has 0 aliphatic rings. The molecular weight excluding hydrogens is 678 g/mol. The second-order valence-electron chi connectivity index (χ2n) is 12.9. The quantitative estimate of drug-likeness (QED) is 0.172. The van der Waals surface area contributed by atoms with Gasteiger partial charge in [-0.1, -0.05) is 109 Å². The molecule has 0 fully saturated rings. The first-order valence-electron chi connectivity index (χ1n) is 17.5. The Morgan fingerprint density at radius 2 is 0.538 bits per heavy atom. The molecule has 0 heterocycles. The summed E-state index contributed by atoms with van der Waals surface area (Å²) in [5.41, 5.74) is 0. The molecule has 0 unspecified atom stereocenters. The van der Waals surface area contributed by atoms with Gasteiger partial charge in [-0.2, -0.15) is 0 Å². The van der Waals surface area contributed by atoms with Crippen LogP contribution in [0.1, 0.15) is 0 Å². The second kappa shape index (κ2) is 20.4. The van der Waals surface area contributed by atoms with E-state index in [1.807, 2.05) is 0 Å². The smallest absolute Gasteiger partial charge is 0.113 e. The fourth-order valence-corrected chi connectivity index (χ4v) is 15.3. The van der Waals surface area contributed by atoms with Crippen LogP contribution in [-0.4, -0.2) is 69.6 Å². The highest BCUT2D eigenvalue weighted by atomic mass is 31.2. The SMILES string of the molecule is CN(C)CC[P+](c1ccccc1)(c1ccccc1)c1ccccc1.CN(C)CC[P+](c1ccccc1)(c1ccccc1)c1ccccc1.O=C([O-])[O-]. The fourth-order valence-electron chi connectivity index (χ4n) is 6.46. The highest BCUT2D eigenvalue weighted by Crippen LogP contribution is 2.56. The Balaban J connectivity index is 0.000000211. The molecule has 0 atom stereocenters. The Morgan fingerprint density at radius 3 is 0.673 bits per heavy atom. The average molecular weight is 729 g/mol. The van der Waals surface area contributed by atoms with Gasteiger partial charge in [0.1, 0.15) is 46.4 Å². The molecule has 6 aromatic carbocycles. The van der Waals surface area contributed by atoms with Gasteiger partial charge >= 0.3 is 0 Å². The maximum atomic E-state index is 8.33. The molecule has 0 amide bonds. The Morgan fingerprint density at radius 1 is 0.385 bits per heavy atom. The van der Waals surface area contributed by atoms with E-state index >= 15 is 0 Å². The highest BCUT2D eigenvalue weighted by Gasteiger charge is 2.46. The van der Waals surface area contributed by atoms with Gasteiger partial charge in [0.15, 0.2) is 0 Å². The molecule has 0 N–H and O–H groups in total. The minimum absolute atomic E-state index is 1.08. The molecule has 0 aliphatic carbocycles. The van der Waals surface area contributed by atoms with E-state index in [9.17, 15) is 0 Å². The van der Waals surface area contributed by atoms with Gasteiger partial charge in [-0.15, -0.1) is 0 Å². The number of carbonyl (C=O) groups is 1. The van der Waals surface area contributed by atoms with E-state index in [1.54, 1.807) is 0 Å². The van der Waals surface area contributed by atoms with E-state index in [1.165, 1.54) is 31.8 Å². The lowest BCUT2D eigenvalue weighted by atomic mass is 10.4. The average Bonchev–Trinajstić information content (AvgIpc) is 3.18. The second-order valence-corrected chi connectivity index (χ2v) is 20.2. The van der Waals surface area contributed by atoms with E-state index in [0.717, 1.165) is 25.4 Å². The zero-order valence-corrected chi connectivity index (χ0v) is 32.5. The molecule has 0 aliphatic heterocycles. The Bertz CT molecular complexity index is 1530. The van der Waals surface area contributed by atoms with Gasteiger partial charge in [0.05, 0.1) is 12.3 Å². The molecule has 268 valence electrons. The van der Waals surface area contributed by atoms with Gasteiger partial charge in [-0.25, -0.2) is 0 Å². The monoisotopic (exact) mass is 728 g/mol. The first-order valence-corrected chi connectivity index (χ1v) is 21.4. The van der Waals surface area contributed by atoms with E-state index in [2.05, 4.69) is 220 Å². The molecule has 52 heavy (non-hydrogen) atoms. The van der Waals surface area contributed by atoms with Gasteiger partial charge in [0.2, 0.25) is 0 Å². The largest absolute Gasteiger partial charge is 0.652 e. The van der Waals surface area contributed by atoms with Crippen LogP contribution in [0.2, 0.25) is 0 Å². The minimum atomic E-state index is -2.33. The normalized spacial score (nSPS) is 11.2. The third-order valence-electron chi connectivity index (χ3n) is 8.95. The third kappa shape index (κ3) is 10.7. The van der Waals surface area contributed by atoms with Crippen LogP contribution in [0.15, 0.2) is 182 Å². The summed E-state index contributed by atoms with van der Waals surface area (Å²) in [5, 5.41) is 25.4. The number of rotatable bonds is 12. The van der Waals surface area contributed by atoms with Crippen molar-refractivity contribution in [3.63, 3.8) is 0 Å². The van der Waals surface area contributed by atoms with Gasteiger partial charge in [0, 0.05) is 13.1 Å². The fraction of sp³-hybridized carbons (Fsp3) is 0.178. The van der Waals surface area contributed by atoms with Crippen molar-refractivity contribution in [1.29, 1.82) is 0 Å². The molecule has 0 radical (unpaired) electrons. The van der Waals surface area contributed by atoms with Crippen molar-refractivity contribution in [2.24, 2.45) is 0 Å². The first-order chi connectivity index (χ1) is 25.2. The summed E-state index contributed by atoms with van der Waals surface area (Å²) < 4.78 is 0. The zero-order chi connectivity index (χ0) is 37.2. The van der Waals surface area contributed by atoms with Crippen molar-refractivity contribution >= 4 is 52.5 Å². The van der Waals surface area contributed by atoms with Crippen LogP contribution in [0.3, 0.4) is 0 Å². The number of nitrogens with zero attached hydrogens (tertiary/aromatic N) is 2. The van der Waals surface area contributed by atoms with E-state index in [0.29, 0.717) is 0 Å². The van der Waals surface area contributed by atoms with Gasteiger partial charge in [0.25, 0.3) is 0 Å². The predicted octanol–water partition coefficient (Wildman–Crippen LogP) is 4.64. The number of carboxylic acid groups (broad SMARTS) is 2. The topological polar surface area (TPSA) is 69.7 Å². The maximum absolute atomic E-state index is 8.33. The van der Waals surface area contributed by atoms with Crippen LogP contribution in [0.4, 0.5) is 4.79 Å². The van der Waals surface area contributed by atoms with Crippen LogP contribution < -0.4 is 42.0 Å². The summed E-state index contributed by atoms with van der Waals surface area (Å²) in [7, 11) is 5.35. The minimum Gasteiger partial charge on any atom is -0.652 e. The van der Waals surface area contributed by atoms with Gasteiger partial charge in [-0.05, 0) is 107 Å². The number of hydrogen-bond acceptors (Lipinski definition) is 5. The summed E-state index contributed by atoms with van der Waals surface area (Å²) in [6, 6.07) is 66.4. The molecule has 7 heteroatoms. The van der Waals surface area contributed by atoms with Crippen LogP contribution in [-0.2, 0) is 0 Å². The Hall–Kier alpha value is -4.63. The zero-order valence-electron chi connectivity index (χ0n) is 30.7. The molecule has 5 nitrogen and oxygen atoms in total. The van der Waals surface area contributed by atoms with Crippen LogP contribution >= 0.6 is 14.5 Å². The number of hydrogen-bond donors (Lipinski definition) is 0. The number of benzene rings is 6. The molecule has 0 aromatic heterocycles. The van der Waals surface area contributed by atoms with E-state index < -0.39 is 20.7 Å². The third-order valence-corrected chi connectivity index (χ3v) is 17.8. The molecule has 0 bridgehead atoms. The summed E-state index contributed by atoms with van der Waals surface area (Å²) >= 11 is 0. The van der Waals surface area contributed by atoms with Gasteiger partial charge in [-0.3, -0.25) is 0 Å². The van der Waals surface area contributed by atoms with Crippen molar-refractivity contribution in [3.05, 3.63) is 182 Å². The molecular formula is C45H50N2O3P2. The van der Waals surface area contributed by atoms with Crippen LogP contribution in [0.5, 0.6) is 0 Å². The predicted molar refractivity (Wildman–Crippen MR) is 223 cm³/mol. The summed E-state index contributed by atoms with van der Waals surface area (Å²) in [6.45, 7) is 2.15. The molecule has 6 aromatic rings. The molecule has 0 saturated carbocycles. The Labute approximate surface area is 311 Å². The van der Waals surface area contributed by atoms with Crippen LogP contribution in [0.25, 0.3) is 0 Å². The van der Waals surface area contributed by atoms with Gasteiger partial charge < -0.3 is 24.8 Å². The summed E-state index contributed by atoms with van der Waals surface area (Å²) in [6.07, 6.45) is -0.0317. The maximum Gasteiger partial charge on any atom is 0.113 e. The van der Waals surface area contributed by atoms with Crippen molar-refractivity contribution < 1.29 is 15.0 Å². The van der Waals surface area contributed by atoms with Crippen molar-refractivity contribution in [2.75, 3.05) is 53.6 Å². The lowest BCUT2D eigenvalue weighted by Gasteiger charge is -2.28. The van der Waals surface area contributed by atoms with Crippen molar-refractivity contribution in [2.45, 2.75) is 0 Å². The van der Waals surface area contributed by atoms with Crippen LogP contribution in [0, 0.1) is 0 Å². The number of carbonyl (C=O) groups excluding carboxylic acids is 1. The molecule has 6 rings (SSSR count). The highest BCUT2D eigenvalue weighted by molar-refractivity contribution is 7.96. The summed E-state index contributed by atoms with van der Waals surface area (Å²) in [5.74, 6) is 0. The van der Waals surface area contributed by atoms with E-state index in [4.69, 9.17) is 15.0 Å². The lowest BCUT2D eigenvalue weighted by molar-refractivity contribution is -0.415. The molecule has 0 saturated heterocycles. The lowest BCUT2D eigenvalue weighted by Crippen LogP contribution is -2.37. The van der Waals surface area contributed by atoms with Crippen molar-refractivity contribution in [1.82, 2.24) is 9.80 Å². The molecule has 0 spiro atoms. The first kappa shape index (κ1) is 40.1.